The average Bonchev–Trinajstić information content (AvgIpc) is 3.33. The number of fused-ring (bicyclic) bond motifs is 1. The van der Waals surface area contributed by atoms with Crippen LogP contribution in [0.5, 0.6) is 5.75 Å². The molecular formula is C16H18ClFN2O4. The van der Waals surface area contributed by atoms with Crippen LogP contribution >= 0.6 is 12.4 Å². The van der Waals surface area contributed by atoms with Crippen LogP contribution in [0.25, 0.3) is 10.9 Å². The molecule has 1 atom stereocenters. The Morgan fingerprint density at radius 3 is 2.71 bits per heavy atom. The third kappa shape index (κ3) is 3.22. The van der Waals surface area contributed by atoms with Gasteiger partial charge in [-0.05, 0) is 25.8 Å². The lowest BCUT2D eigenvalue weighted by Crippen LogP contribution is -2.23. The van der Waals surface area contributed by atoms with Crippen molar-refractivity contribution in [2.45, 2.75) is 31.9 Å². The summed E-state index contributed by atoms with van der Waals surface area (Å²) < 4.78 is 21.4. The molecule has 0 aliphatic heterocycles. The van der Waals surface area contributed by atoms with Gasteiger partial charge in [0.1, 0.15) is 11.7 Å². The normalized spacial score (nSPS) is 15.0. The number of carbonyl (C=O) groups is 1. The molecule has 8 heteroatoms. The molecule has 1 saturated carbocycles. The second kappa shape index (κ2) is 6.78. The van der Waals surface area contributed by atoms with E-state index in [0.717, 1.165) is 18.9 Å². The lowest BCUT2D eigenvalue weighted by Gasteiger charge is -2.16. The Balaban J connectivity index is 0.00000208. The number of hydrogen-bond donors (Lipinski definition) is 2. The van der Waals surface area contributed by atoms with Crippen molar-refractivity contribution in [3.05, 3.63) is 39.9 Å². The fourth-order valence-electron chi connectivity index (χ4n) is 2.51. The molecule has 3 rings (SSSR count). The van der Waals surface area contributed by atoms with Gasteiger partial charge in [-0.15, -0.1) is 12.4 Å². The largest absolute Gasteiger partial charge is 0.486 e. The van der Waals surface area contributed by atoms with Gasteiger partial charge in [-0.3, -0.25) is 4.79 Å². The summed E-state index contributed by atoms with van der Waals surface area (Å²) in [5, 5.41) is 9.22. The summed E-state index contributed by atoms with van der Waals surface area (Å²) in [6, 6.07) is 2.62. The van der Waals surface area contributed by atoms with Crippen molar-refractivity contribution in [2.75, 3.05) is 6.54 Å². The first-order chi connectivity index (χ1) is 10.9. The molecular weight excluding hydrogens is 339 g/mol. The minimum Gasteiger partial charge on any atom is -0.486 e. The number of aromatic carboxylic acids is 1. The topological polar surface area (TPSA) is 94.6 Å². The van der Waals surface area contributed by atoms with E-state index in [0.29, 0.717) is 5.52 Å². The summed E-state index contributed by atoms with van der Waals surface area (Å²) in [6.07, 6.45) is 2.74. The third-order valence-corrected chi connectivity index (χ3v) is 3.92. The van der Waals surface area contributed by atoms with Crippen LogP contribution in [-0.4, -0.2) is 28.3 Å². The van der Waals surface area contributed by atoms with Gasteiger partial charge in [0.05, 0.1) is 5.52 Å². The average molecular weight is 357 g/mol. The number of halogens is 2. The van der Waals surface area contributed by atoms with Crippen LogP contribution in [-0.2, 0) is 0 Å². The van der Waals surface area contributed by atoms with Crippen LogP contribution in [0.15, 0.2) is 23.1 Å². The Labute approximate surface area is 143 Å². The second-order valence-electron chi connectivity index (χ2n) is 5.78. The van der Waals surface area contributed by atoms with E-state index in [4.69, 9.17) is 10.5 Å². The smallest absolute Gasteiger partial charge is 0.341 e. The Hall–Kier alpha value is -2.12. The zero-order chi connectivity index (χ0) is 16.7. The lowest BCUT2D eigenvalue weighted by molar-refractivity contribution is 0.0695. The third-order valence-electron chi connectivity index (χ3n) is 3.92. The highest BCUT2D eigenvalue weighted by atomic mass is 35.5. The first-order valence-corrected chi connectivity index (χ1v) is 7.40. The maximum atomic E-state index is 14.2. The van der Waals surface area contributed by atoms with Crippen molar-refractivity contribution in [2.24, 2.45) is 5.73 Å². The van der Waals surface area contributed by atoms with E-state index in [9.17, 15) is 19.1 Å². The number of aromatic nitrogens is 1. The van der Waals surface area contributed by atoms with Gasteiger partial charge in [-0.1, -0.05) is 0 Å². The van der Waals surface area contributed by atoms with Crippen molar-refractivity contribution < 1.29 is 19.0 Å². The zero-order valence-electron chi connectivity index (χ0n) is 13.0. The fraction of sp³-hybridized carbons (Fsp3) is 0.375. The van der Waals surface area contributed by atoms with E-state index < -0.39 is 17.2 Å². The van der Waals surface area contributed by atoms with Crippen LogP contribution < -0.4 is 15.9 Å². The number of hydrogen-bond acceptors (Lipinski definition) is 4. The molecule has 1 aliphatic carbocycles. The van der Waals surface area contributed by atoms with Crippen LogP contribution in [0.4, 0.5) is 4.39 Å². The maximum absolute atomic E-state index is 14.2. The fourth-order valence-corrected chi connectivity index (χ4v) is 2.51. The molecule has 0 saturated heterocycles. The van der Waals surface area contributed by atoms with E-state index in [2.05, 4.69) is 0 Å². The lowest BCUT2D eigenvalue weighted by atomic mass is 10.1. The number of pyridine rings is 1. The standard InChI is InChI=1S/C16H17FN2O4.ClH/c1-8(6-18)23-14-5-13-10(4-12(14)17)15(20)11(16(21)22)7-19(13)9-2-3-9;/h4-5,7-9H,2-3,6,18H2,1H3,(H,21,22);1H. The Kier molecular flexibility index (Phi) is 5.15. The van der Waals surface area contributed by atoms with Crippen LogP contribution in [0.2, 0.25) is 0 Å². The molecule has 1 aromatic heterocycles. The van der Waals surface area contributed by atoms with Gasteiger partial charge in [0.2, 0.25) is 5.43 Å². The van der Waals surface area contributed by atoms with Crippen molar-refractivity contribution in [1.82, 2.24) is 4.57 Å². The Bertz CT molecular complexity index is 848. The Morgan fingerprint density at radius 2 is 2.17 bits per heavy atom. The number of ether oxygens (including phenoxy) is 1. The monoisotopic (exact) mass is 356 g/mol. The quantitative estimate of drug-likeness (QED) is 0.857. The van der Waals surface area contributed by atoms with Gasteiger partial charge in [-0.2, -0.15) is 0 Å². The molecule has 0 spiro atoms. The van der Waals surface area contributed by atoms with Gasteiger partial charge in [0.25, 0.3) is 0 Å². The summed E-state index contributed by atoms with van der Waals surface area (Å²) in [6.45, 7) is 1.94. The maximum Gasteiger partial charge on any atom is 0.341 e. The van der Waals surface area contributed by atoms with Crippen molar-refractivity contribution in [1.29, 1.82) is 0 Å². The first kappa shape index (κ1) is 18.2. The van der Waals surface area contributed by atoms with Gasteiger partial charge in [0.15, 0.2) is 11.6 Å². The molecule has 1 aromatic carbocycles. The molecule has 130 valence electrons. The highest BCUT2D eigenvalue weighted by Gasteiger charge is 2.27. The molecule has 2 aromatic rings. The summed E-state index contributed by atoms with van der Waals surface area (Å²) in [4.78, 5) is 23.5. The van der Waals surface area contributed by atoms with E-state index in [1.807, 2.05) is 0 Å². The summed E-state index contributed by atoms with van der Waals surface area (Å²) in [5.41, 5.74) is 4.91. The van der Waals surface area contributed by atoms with Gasteiger partial charge >= 0.3 is 5.97 Å². The molecule has 3 N–H and O–H groups in total. The first-order valence-electron chi connectivity index (χ1n) is 7.40. The molecule has 1 fully saturated rings. The molecule has 0 radical (unpaired) electrons. The highest BCUT2D eigenvalue weighted by Crippen LogP contribution is 2.38. The second-order valence-corrected chi connectivity index (χ2v) is 5.78. The molecule has 0 bridgehead atoms. The van der Waals surface area contributed by atoms with E-state index in [1.165, 1.54) is 12.3 Å². The number of carboxylic acid groups (broad SMARTS) is 1. The zero-order valence-corrected chi connectivity index (χ0v) is 13.8. The van der Waals surface area contributed by atoms with Crippen LogP contribution in [0.3, 0.4) is 0 Å². The summed E-state index contributed by atoms with van der Waals surface area (Å²) in [5.74, 6) is -2.02. The predicted octanol–water partition coefficient (Wildman–Crippen LogP) is 2.32. The summed E-state index contributed by atoms with van der Waals surface area (Å²) in [7, 11) is 0. The number of rotatable bonds is 5. The van der Waals surface area contributed by atoms with E-state index >= 15 is 0 Å². The van der Waals surface area contributed by atoms with E-state index in [-0.39, 0.29) is 47.8 Å². The van der Waals surface area contributed by atoms with Crippen LogP contribution in [0, 0.1) is 5.82 Å². The molecule has 0 amide bonds. The molecule has 24 heavy (non-hydrogen) atoms. The molecule has 1 unspecified atom stereocenters. The number of nitrogens with two attached hydrogens (primary N) is 1. The minimum atomic E-state index is -1.32. The van der Waals surface area contributed by atoms with Crippen molar-refractivity contribution >= 4 is 29.3 Å². The molecule has 1 heterocycles. The highest BCUT2D eigenvalue weighted by molar-refractivity contribution is 5.93. The van der Waals surface area contributed by atoms with Crippen molar-refractivity contribution in [3.8, 4) is 5.75 Å². The van der Waals surface area contributed by atoms with Gasteiger partial charge in [0, 0.05) is 30.2 Å². The van der Waals surface area contributed by atoms with E-state index in [1.54, 1.807) is 11.5 Å². The van der Waals surface area contributed by atoms with Gasteiger partial charge in [-0.25, -0.2) is 9.18 Å². The Morgan fingerprint density at radius 1 is 1.50 bits per heavy atom. The number of nitrogens with zero attached hydrogens (tertiary/aromatic N) is 1. The SMILES string of the molecule is CC(CN)Oc1cc2c(cc1F)c(=O)c(C(=O)O)cn2C1CC1.Cl. The molecule has 6 nitrogen and oxygen atoms in total. The number of carboxylic acids is 1. The summed E-state index contributed by atoms with van der Waals surface area (Å²) >= 11 is 0. The molecule has 1 aliphatic rings. The predicted molar refractivity (Wildman–Crippen MR) is 89.8 cm³/mol. The minimum absolute atomic E-state index is 0. The number of benzene rings is 1. The van der Waals surface area contributed by atoms with Gasteiger partial charge < -0.3 is 20.1 Å². The van der Waals surface area contributed by atoms with Crippen LogP contribution in [0.1, 0.15) is 36.2 Å². The van der Waals surface area contributed by atoms with Crippen molar-refractivity contribution in [3.63, 3.8) is 0 Å².